The van der Waals surface area contributed by atoms with Crippen LogP contribution in [0.2, 0.25) is 20.1 Å². The second-order valence-corrected chi connectivity index (χ2v) is 13.4. The molecule has 0 radical (unpaired) electrons. The topological polar surface area (TPSA) is 114 Å². The highest BCUT2D eigenvalue weighted by Gasteiger charge is 2.06. The molecule has 3 aromatic carbocycles. The van der Waals surface area contributed by atoms with Crippen LogP contribution < -0.4 is 0 Å². The molecule has 0 bridgehead atoms. The Balaban J connectivity index is 0.000000175. The quantitative estimate of drug-likeness (QED) is 0.109. The van der Waals surface area contributed by atoms with Crippen LogP contribution in [0.25, 0.3) is 12.2 Å². The maximum absolute atomic E-state index is 9.86. The summed E-state index contributed by atoms with van der Waals surface area (Å²) in [4.78, 5) is 11.8. The van der Waals surface area contributed by atoms with Gasteiger partial charge in [-0.25, -0.2) is 15.0 Å². The molecule has 52 heavy (non-hydrogen) atoms. The second-order valence-electron chi connectivity index (χ2n) is 11.7. The minimum Gasteiger partial charge on any atom is -0.391 e. The summed E-state index contributed by atoms with van der Waals surface area (Å²) in [6, 6.07) is 20.4. The van der Waals surface area contributed by atoms with E-state index in [0.717, 1.165) is 29.0 Å². The Morgan fingerprint density at radius 3 is 1.56 bits per heavy atom. The molecular formula is C39H40Cl4N6O3. The summed E-state index contributed by atoms with van der Waals surface area (Å²) in [6.45, 7) is 1.55. The Hall–Kier alpha value is -4.19. The zero-order valence-corrected chi connectivity index (χ0v) is 31.2. The molecule has 0 aliphatic rings. The van der Waals surface area contributed by atoms with Crippen LogP contribution in [-0.4, -0.2) is 62.3 Å². The molecule has 3 atom stereocenters. The van der Waals surface area contributed by atoms with Crippen LogP contribution in [0.4, 0.5) is 0 Å². The van der Waals surface area contributed by atoms with E-state index >= 15 is 0 Å². The number of imidazole rings is 3. The molecular weight excluding hydrogens is 742 g/mol. The van der Waals surface area contributed by atoms with E-state index in [4.69, 9.17) is 46.4 Å². The minimum absolute atomic E-state index is 0.347. The van der Waals surface area contributed by atoms with Crippen molar-refractivity contribution < 1.29 is 15.3 Å². The summed E-state index contributed by atoms with van der Waals surface area (Å²) >= 11 is 23.4. The van der Waals surface area contributed by atoms with Crippen molar-refractivity contribution in [1.82, 2.24) is 28.7 Å². The summed E-state index contributed by atoms with van der Waals surface area (Å²) in [5, 5.41) is 32.1. The fraction of sp³-hybridized carbons (Fsp3) is 0.205. The highest BCUT2D eigenvalue weighted by molar-refractivity contribution is 6.35. The molecule has 0 saturated carbocycles. The lowest BCUT2D eigenvalue weighted by Gasteiger charge is -2.11. The van der Waals surface area contributed by atoms with Crippen LogP contribution in [0.15, 0.2) is 135 Å². The molecule has 0 spiro atoms. The number of aromatic nitrogens is 6. The molecule has 9 nitrogen and oxygen atoms in total. The molecule has 3 N–H and O–H groups in total. The zero-order valence-electron chi connectivity index (χ0n) is 28.2. The van der Waals surface area contributed by atoms with E-state index < -0.39 is 12.2 Å². The van der Waals surface area contributed by atoms with Gasteiger partial charge in [-0.3, -0.25) is 0 Å². The van der Waals surface area contributed by atoms with Crippen molar-refractivity contribution in [2.45, 2.75) is 50.8 Å². The fourth-order valence-electron chi connectivity index (χ4n) is 4.70. The lowest BCUT2D eigenvalue weighted by Crippen LogP contribution is -2.15. The Morgan fingerprint density at radius 2 is 1.06 bits per heavy atom. The van der Waals surface area contributed by atoms with Gasteiger partial charge in [0.15, 0.2) is 0 Å². The number of aryl methyl sites for hydroxylation is 1. The lowest BCUT2D eigenvalue weighted by atomic mass is 10.1. The van der Waals surface area contributed by atoms with Crippen molar-refractivity contribution in [3.63, 3.8) is 0 Å². The maximum atomic E-state index is 9.86. The predicted molar refractivity (Wildman–Crippen MR) is 210 cm³/mol. The first-order valence-electron chi connectivity index (χ1n) is 16.4. The summed E-state index contributed by atoms with van der Waals surface area (Å²) in [5.74, 6) is 0. The highest BCUT2D eigenvalue weighted by Crippen LogP contribution is 2.22. The van der Waals surface area contributed by atoms with Crippen LogP contribution in [0, 0.1) is 0 Å². The maximum Gasteiger partial charge on any atom is 0.0946 e. The summed E-state index contributed by atoms with van der Waals surface area (Å²) in [6.07, 6.45) is 22.8. The third-order valence-electron chi connectivity index (χ3n) is 7.42. The monoisotopic (exact) mass is 780 g/mol. The Bertz CT molecular complexity index is 1900. The van der Waals surface area contributed by atoms with Gasteiger partial charge in [-0.15, -0.1) is 0 Å². The Kier molecular flexibility index (Phi) is 17.2. The number of hydrogen-bond acceptors (Lipinski definition) is 6. The average Bonchev–Trinajstić information content (AvgIpc) is 3.94. The molecule has 13 heteroatoms. The molecule has 3 unspecified atom stereocenters. The zero-order chi connectivity index (χ0) is 37.1. The first kappa shape index (κ1) is 40.6. The smallest absolute Gasteiger partial charge is 0.0946 e. The average molecular weight is 783 g/mol. The third kappa shape index (κ3) is 15.6. The first-order valence-corrected chi connectivity index (χ1v) is 17.9. The van der Waals surface area contributed by atoms with Gasteiger partial charge < -0.3 is 29.0 Å². The summed E-state index contributed by atoms with van der Waals surface area (Å²) in [7, 11) is 0. The van der Waals surface area contributed by atoms with Crippen LogP contribution in [-0.2, 0) is 26.1 Å². The molecule has 0 saturated heterocycles. The lowest BCUT2D eigenvalue weighted by molar-refractivity contribution is 0.144. The van der Waals surface area contributed by atoms with Gasteiger partial charge in [-0.1, -0.05) is 101 Å². The van der Waals surface area contributed by atoms with E-state index in [1.165, 1.54) is 5.56 Å². The van der Waals surface area contributed by atoms with E-state index in [0.29, 0.717) is 34.7 Å². The van der Waals surface area contributed by atoms with E-state index in [1.807, 2.05) is 82.2 Å². The van der Waals surface area contributed by atoms with Gasteiger partial charge in [0.25, 0.3) is 0 Å². The molecule has 0 amide bonds. The standard InChI is InChI=1S/C13H12Cl2N2O.C13H15ClN2O.C13H13ClN2O/c14-11-3-1-10(13(15)7-11)2-4-12(18)8-17-6-5-16-9-17;2*14-12-4-1-11(2-5-12)3-6-13(17)9-16-8-7-15-10-16/h1-7,9,12,18H,8H2;1-2,4-5,7-8,10,13,17H,3,6,9H2;1-8,10,13,17H,9H2. The van der Waals surface area contributed by atoms with E-state index in [-0.39, 0.29) is 6.10 Å². The van der Waals surface area contributed by atoms with Crippen molar-refractivity contribution in [3.05, 3.63) is 172 Å². The van der Waals surface area contributed by atoms with Crippen molar-refractivity contribution in [3.8, 4) is 0 Å². The highest BCUT2D eigenvalue weighted by atomic mass is 35.5. The Morgan fingerprint density at radius 1 is 0.577 bits per heavy atom. The van der Waals surface area contributed by atoms with Crippen molar-refractivity contribution in [2.24, 2.45) is 0 Å². The van der Waals surface area contributed by atoms with Gasteiger partial charge in [0.2, 0.25) is 0 Å². The number of benzene rings is 3. The molecule has 0 fully saturated rings. The molecule has 0 aliphatic carbocycles. The van der Waals surface area contributed by atoms with Gasteiger partial charge in [0, 0.05) is 63.8 Å². The van der Waals surface area contributed by atoms with Gasteiger partial charge >= 0.3 is 0 Å². The van der Waals surface area contributed by atoms with Crippen LogP contribution in [0.1, 0.15) is 23.1 Å². The molecule has 0 aliphatic heterocycles. The van der Waals surface area contributed by atoms with Gasteiger partial charge in [-0.05, 0) is 65.9 Å². The van der Waals surface area contributed by atoms with Crippen molar-refractivity contribution >= 4 is 58.6 Å². The van der Waals surface area contributed by atoms with E-state index in [2.05, 4.69) is 15.0 Å². The van der Waals surface area contributed by atoms with E-state index in [1.54, 1.807) is 78.7 Å². The van der Waals surface area contributed by atoms with Crippen molar-refractivity contribution in [1.29, 1.82) is 0 Å². The fourth-order valence-corrected chi connectivity index (χ4v) is 5.43. The SMILES string of the molecule is OC(C=Cc1ccc(Cl)cc1)Cn1ccnc1.OC(C=Cc1ccc(Cl)cc1Cl)Cn1ccnc1.OC(CCc1ccc(Cl)cc1)Cn1ccnc1. The first-order chi connectivity index (χ1) is 25.1. The number of aliphatic hydroxyl groups excluding tert-OH is 3. The number of halogens is 4. The van der Waals surface area contributed by atoms with Crippen LogP contribution >= 0.6 is 46.4 Å². The van der Waals surface area contributed by atoms with Crippen LogP contribution in [0.3, 0.4) is 0 Å². The van der Waals surface area contributed by atoms with Crippen molar-refractivity contribution in [2.75, 3.05) is 0 Å². The molecule has 6 rings (SSSR count). The number of rotatable bonds is 13. The largest absolute Gasteiger partial charge is 0.391 e. The number of hydrogen-bond donors (Lipinski definition) is 3. The van der Waals surface area contributed by atoms with Gasteiger partial charge in [0.1, 0.15) is 0 Å². The summed E-state index contributed by atoms with van der Waals surface area (Å²) < 4.78 is 5.52. The molecule has 272 valence electrons. The Labute approximate surface area is 323 Å². The molecule has 3 aromatic heterocycles. The predicted octanol–water partition coefficient (Wildman–Crippen LogP) is 8.41. The van der Waals surface area contributed by atoms with E-state index in [9.17, 15) is 15.3 Å². The van der Waals surface area contributed by atoms with Gasteiger partial charge in [0.05, 0.1) is 50.4 Å². The van der Waals surface area contributed by atoms with Crippen LogP contribution in [0.5, 0.6) is 0 Å². The third-order valence-corrected chi connectivity index (χ3v) is 8.48. The molecule has 6 aromatic rings. The number of aliphatic hydroxyl groups is 3. The van der Waals surface area contributed by atoms with Gasteiger partial charge in [-0.2, -0.15) is 0 Å². The minimum atomic E-state index is -0.592. The summed E-state index contributed by atoms with van der Waals surface area (Å²) in [5.41, 5.74) is 3.03. The normalized spacial score (nSPS) is 12.9. The number of nitrogens with zero attached hydrogens (tertiary/aromatic N) is 6. The second kappa shape index (κ2) is 22.0. The molecule has 3 heterocycles.